The van der Waals surface area contributed by atoms with Gasteiger partial charge in [-0.3, -0.25) is 4.79 Å². The average Bonchev–Trinajstić information content (AvgIpc) is 2.64. The highest BCUT2D eigenvalue weighted by atomic mass is 32.2. The molecule has 1 aromatic carbocycles. The van der Waals surface area contributed by atoms with Crippen LogP contribution in [0.4, 0.5) is 13.2 Å². The highest BCUT2D eigenvalue weighted by molar-refractivity contribution is 7.89. The number of hydrogen-bond donors (Lipinski definition) is 1. The first kappa shape index (κ1) is 21.7. The Kier molecular flexibility index (Phi) is 7.27. The second-order valence-electron chi connectivity index (χ2n) is 6.70. The van der Waals surface area contributed by atoms with Crippen LogP contribution in [-0.4, -0.2) is 38.3 Å². The molecule has 9 heteroatoms. The van der Waals surface area contributed by atoms with Crippen LogP contribution in [0.1, 0.15) is 44.6 Å². The number of hydrogen-bond acceptors (Lipinski definition) is 3. The van der Waals surface area contributed by atoms with E-state index in [1.165, 1.54) is 0 Å². The third kappa shape index (κ3) is 5.68. The molecule has 1 aliphatic heterocycles. The minimum Gasteiger partial charge on any atom is -0.356 e. The number of nitrogens with one attached hydrogen (secondary N) is 1. The number of halogens is 3. The minimum atomic E-state index is -4.60. The monoisotopic (exact) mass is 406 g/mol. The van der Waals surface area contributed by atoms with Crippen molar-refractivity contribution in [2.24, 2.45) is 5.92 Å². The molecule has 1 N–H and O–H groups in total. The summed E-state index contributed by atoms with van der Waals surface area (Å²) in [5.41, 5.74) is -0.995. The molecule has 0 bridgehead atoms. The molecule has 27 heavy (non-hydrogen) atoms. The van der Waals surface area contributed by atoms with Crippen molar-refractivity contribution in [3.8, 4) is 0 Å². The zero-order valence-corrected chi connectivity index (χ0v) is 16.1. The Morgan fingerprint density at radius 3 is 2.48 bits per heavy atom. The summed E-state index contributed by atoms with van der Waals surface area (Å²) in [6, 6.07) is 3.75. The van der Waals surface area contributed by atoms with Crippen molar-refractivity contribution in [3.05, 3.63) is 29.8 Å². The van der Waals surface area contributed by atoms with E-state index < -0.39 is 21.8 Å². The van der Waals surface area contributed by atoms with Crippen molar-refractivity contribution in [1.82, 2.24) is 9.62 Å². The molecular formula is C18H25F3N2O3S. The Balaban J connectivity index is 1.98. The number of alkyl halides is 3. The van der Waals surface area contributed by atoms with E-state index >= 15 is 0 Å². The molecule has 1 heterocycles. The van der Waals surface area contributed by atoms with Gasteiger partial charge in [0.15, 0.2) is 0 Å². The maximum absolute atomic E-state index is 12.8. The highest BCUT2D eigenvalue weighted by Gasteiger charge is 2.35. The molecule has 0 saturated carbocycles. The summed E-state index contributed by atoms with van der Waals surface area (Å²) in [5.74, 6) is -0.346. The number of nitrogens with zero attached hydrogens (tertiary/aromatic N) is 1. The van der Waals surface area contributed by atoms with E-state index in [0.29, 0.717) is 25.5 Å². The van der Waals surface area contributed by atoms with Gasteiger partial charge in [-0.2, -0.15) is 17.5 Å². The lowest BCUT2D eigenvalue weighted by molar-refractivity contribution is -0.137. The van der Waals surface area contributed by atoms with Crippen LogP contribution in [0.25, 0.3) is 0 Å². The standard InChI is InChI=1S/C18H25F3N2O3S/c1-2-3-4-10-22-17(24)14-8-11-23(12-9-14)27(25,26)16-7-5-6-15(13-16)18(19,20)21/h5-7,13-14H,2-4,8-12H2,1H3,(H,22,24). The number of unbranched alkanes of at least 4 members (excludes halogenated alkanes) is 2. The van der Waals surface area contributed by atoms with Gasteiger partial charge in [-0.25, -0.2) is 8.42 Å². The second-order valence-corrected chi connectivity index (χ2v) is 8.64. The van der Waals surface area contributed by atoms with Gasteiger partial charge in [0.25, 0.3) is 0 Å². The molecule has 1 aromatic rings. The summed E-state index contributed by atoms with van der Waals surface area (Å²) in [6.07, 6.45) is -0.884. The van der Waals surface area contributed by atoms with Crippen LogP contribution < -0.4 is 5.32 Å². The zero-order chi connectivity index (χ0) is 20.1. The van der Waals surface area contributed by atoms with E-state index in [1.54, 1.807) is 0 Å². The van der Waals surface area contributed by atoms with Crippen LogP contribution in [0.2, 0.25) is 0 Å². The quantitative estimate of drug-likeness (QED) is 0.706. The number of carbonyl (C=O) groups excluding carboxylic acids is 1. The molecule has 1 saturated heterocycles. The highest BCUT2D eigenvalue weighted by Crippen LogP contribution is 2.32. The summed E-state index contributed by atoms with van der Waals surface area (Å²) >= 11 is 0. The van der Waals surface area contributed by atoms with Gasteiger partial charge in [0.1, 0.15) is 0 Å². The largest absolute Gasteiger partial charge is 0.416 e. The second kappa shape index (κ2) is 9.05. The summed E-state index contributed by atoms with van der Waals surface area (Å²) in [5, 5.41) is 2.86. The molecule has 5 nitrogen and oxygen atoms in total. The predicted molar refractivity (Wildman–Crippen MR) is 95.5 cm³/mol. The molecule has 152 valence electrons. The molecule has 0 aliphatic carbocycles. The molecule has 1 amide bonds. The van der Waals surface area contributed by atoms with Gasteiger partial charge >= 0.3 is 6.18 Å². The van der Waals surface area contributed by atoms with Gasteiger partial charge in [-0.05, 0) is 37.5 Å². The Hall–Kier alpha value is -1.61. The van der Waals surface area contributed by atoms with Gasteiger partial charge in [-0.1, -0.05) is 25.8 Å². The Morgan fingerprint density at radius 1 is 1.22 bits per heavy atom. The minimum absolute atomic E-state index is 0.0813. The summed E-state index contributed by atoms with van der Waals surface area (Å²) in [6.45, 7) is 2.91. The number of amides is 1. The van der Waals surface area contributed by atoms with E-state index in [-0.39, 0.29) is 29.8 Å². The fourth-order valence-corrected chi connectivity index (χ4v) is 4.59. The molecule has 2 rings (SSSR count). The molecule has 0 unspecified atom stereocenters. The van der Waals surface area contributed by atoms with Crippen molar-refractivity contribution in [1.29, 1.82) is 0 Å². The summed E-state index contributed by atoms with van der Waals surface area (Å²) in [4.78, 5) is 11.8. The van der Waals surface area contributed by atoms with Crippen LogP contribution in [0, 0.1) is 5.92 Å². The zero-order valence-electron chi connectivity index (χ0n) is 15.3. The number of benzene rings is 1. The Morgan fingerprint density at radius 2 is 1.89 bits per heavy atom. The van der Waals surface area contributed by atoms with Gasteiger partial charge in [0, 0.05) is 25.6 Å². The first-order valence-electron chi connectivity index (χ1n) is 9.11. The number of carbonyl (C=O) groups is 1. The third-order valence-corrected chi connectivity index (χ3v) is 6.60. The van der Waals surface area contributed by atoms with Gasteiger partial charge in [0.05, 0.1) is 10.5 Å². The Labute approximate surface area is 158 Å². The van der Waals surface area contributed by atoms with Crippen molar-refractivity contribution < 1.29 is 26.4 Å². The lowest BCUT2D eigenvalue weighted by atomic mass is 9.97. The van der Waals surface area contributed by atoms with E-state index in [4.69, 9.17) is 0 Å². The van der Waals surface area contributed by atoms with Gasteiger partial charge < -0.3 is 5.32 Å². The number of rotatable bonds is 7. The maximum atomic E-state index is 12.8. The van der Waals surface area contributed by atoms with Crippen LogP contribution in [0.5, 0.6) is 0 Å². The van der Waals surface area contributed by atoms with E-state index in [9.17, 15) is 26.4 Å². The van der Waals surface area contributed by atoms with Crippen LogP contribution in [0.15, 0.2) is 29.2 Å². The third-order valence-electron chi connectivity index (χ3n) is 4.70. The Bertz CT molecular complexity index is 742. The van der Waals surface area contributed by atoms with Gasteiger partial charge in [-0.15, -0.1) is 0 Å². The van der Waals surface area contributed by atoms with Crippen LogP contribution >= 0.6 is 0 Å². The van der Waals surface area contributed by atoms with Crippen LogP contribution in [0.3, 0.4) is 0 Å². The summed E-state index contributed by atoms with van der Waals surface area (Å²) in [7, 11) is -4.02. The van der Waals surface area contributed by atoms with E-state index in [2.05, 4.69) is 12.2 Å². The van der Waals surface area contributed by atoms with E-state index in [0.717, 1.165) is 41.8 Å². The molecular weight excluding hydrogens is 381 g/mol. The maximum Gasteiger partial charge on any atom is 0.416 e. The fourth-order valence-electron chi connectivity index (χ4n) is 3.07. The average molecular weight is 406 g/mol. The van der Waals surface area contributed by atoms with Crippen molar-refractivity contribution >= 4 is 15.9 Å². The first-order valence-corrected chi connectivity index (χ1v) is 10.6. The van der Waals surface area contributed by atoms with Crippen molar-refractivity contribution in [2.75, 3.05) is 19.6 Å². The molecule has 0 aromatic heterocycles. The fraction of sp³-hybridized carbons (Fsp3) is 0.611. The lowest BCUT2D eigenvalue weighted by Crippen LogP contribution is -2.43. The molecule has 1 aliphatic rings. The van der Waals surface area contributed by atoms with Gasteiger partial charge in [0.2, 0.25) is 15.9 Å². The van der Waals surface area contributed by atoms with Crippen molar-refractivity contribution in [3.63, 3.8) is 0 Å². The van der Waals surface area contributed by atoms with E-state index in [1.807, 2.05) is 0 Å². The molecule has 0 atom stereocenters. The van der Waals surface area contributed by atoms with Crippen molar-refractivity contribution in [2.45, 2.75) is 50.1 Å². The predicted octanol–water partition coefficient (Wildman–Crippen LogP) is 3.41. The molecule has 0 radical (unpaired) electrons. The lowest BCUT2D eigenvalue weighted by Gasteiger charge is -2.30. The number of piperidine rings is 1. The first-order chi connectivity index (χ1) is 12.7. The summed E-state index contributed by atoms with van der Waals surface area (Å²) < 4.78 is 65.0. The normalized spacial score (nSPS) is 17.0. The smallest absolute Gasteiger partial charge is 0.356 e. The van der Waals surface area contributed by atoms with Crippen LogP contribution in [-0.2, 0) is 21.0 Å². The molecule has 0 spiro atoms. The topological polar surface area (TPSA) is 66.5 Å². The molecule has 1 fully saturated rings. The number of sulfonamides is 1. The SMILES string of the molecule is CCCCCNC(=O)C1CCN(S(=O)(=O)c2cccc(C(F)(F)F)c2)CC1.